The van der Waals surface area contributed by atoms with Crippen LogP contribution in [0.3, 0.4) is 0 Å². The van der Waals surface area contributed by atoms with E-state index in [-0.39, 0.29) is 18.3 Å². The third-order valence-electron chi connectivity index (χ3n) is 3.87. The van der Waals surface area contributed by atoms with Crippen LogP contribution in [-0.4, -0.2) is 34.0 Å². The number of thiophene rings is 1. The maximum atomic E-state index is 12.6. The number of nitrogens with zero attached hydrogens (tertiary/aromatic N) is 3. The fraction of sp³-hybridized carbons (Fsp3) is 0.294. The zero-order valence-electron chi connectivity index (χ0n) is 13.9. The maximum absolute atomic E-state index is 12.6. The van der Waals surface area contributed by atoms with Crippen LogP contribution in [-0.2, 0) is 16.1 Å². The van der Waals surface area contributed by atoms with E-state index in [1.807, 2.05) is 30.5 Å². The summed E-state index contributed by atoms with van der Waals surface area (Å²) in [5.41, 5.74) is 2.01. The van der Waals surface area contributed by atoms with Crippen LogP contribution in [0.15, 0.2) is 35.7 Å². The lowest BCUT2D eigenvalue weighted by molar-refractivity contribution is -0.141. The Morgan fingerprint density at radius 3 is 2.88 bits per heavy atom. The number of carbonyl (C=O) groups is 2. The molecule has 1 atom stereocenters. The van der Waals surface area contributed by atoms with Gasteiger partial charge in [-0.05, 0) is 36.6 Å². The maximum Gasteiger partial charge on any atom is 0.307 e. The molecule has 1 aromatic carbocycles. The minimum atomic E-state index is -0.429. The predicted octanol–water partition coefficient (Wildman–Crippen LogP) is 2.55. The molecular weight excluding hydrogens is 340 g/mol. The number of esters is 1. The van der Waals surface area contributed by atoms with Gasteiger partial charge in [-0.1, -0.05) is 11.3 Å². The second kappa shape index (κ2) is 7.43. The SMILES string of the molecule is CCn1nnc2cc(C(=O)NC(CC(=O)OC)c3cccs3)ccc21. The highest BCUT2D eigenvalue weighted by Crippen LogP contribution is 2.23. The molecule has 0 aliphatic rings. The number of benzene rings is 1. The summed E-state index contributed by atoms with van der Waals surface area (Å²) >= 11 is 1.48. The molecule has 7 nitrogen and oxygen atoms in total. The Balaban J connectivity index is 1.82. The van der Waals surface area contributed by atoms with Crippen LogP contribution < -0.4 is 5.32 Å². The van der Waals surface area contributed by atoms with Crippen molar-refractivity contribution >= 4 is 34.2 Å². The first-order valence-electron chi connectivity index (χ1n) is 7.86. The second-order valence-corrected chi connectivity index (χ2v) is 6.41. The van der Waals surface area contributed by atoms with E-state index in [1.165, 1.54) is 18.4 Å². The number of methoxy groups -OCH3 is 1. The van der Waals surface area contributed by atoms with E-state index in [2.05, 4.69) is 15.6 Å². The summed E-state index contributed by atoms with van der Waals surface area (Å²) in [7, 11) is 1.33. The van der Waals surface area contributed by atoms with Crippen LogP contribution in [0.5, 0.6) is 0 Å². The smallest absolute Gasteiger partial charge is 0.307 e. The number of rotatable bonds is 6. The standard InChI is InChI=1S/C17H18N4O3S/c1-3-21-14-7-6-11(9-12(14)19-20-21)17(23)18-13(10-16(22)24-2)15-5-4-8-25-15/h4-9,13H,3,10H2,1-2H3,(H,18,23). The summed E-state index contributed by atoms with van der Waals surface area (Å²) in [6.45, 7) is 2.69. The van der Waals surface area contributed by atoms with Gasteiger partial charge in [0.15, 0.2) is 0 Å². The van der Waals surface area contributed by atoms with Crippen molar-refractivity contribution in [1.82, 2.24) is 20.3 Å². The molecule has 0 aliphatic heterocycles. The highest BCUT2D eigenvalue weighted by molar-refractivity contribution is 7.10. The number of amides is 1. The summed E-state index contributed by atoms with van der Waals surface area (Å²) in [6, 6.07) is 8.60. The van der Waals surface area contributed by atoms with E-state index < -0.39 is 6.04 Å². The van der Waals surface area contributed by atoms with Gasteiger partial charge in [0.25, 0.3) is 5.91 Å². The molecule has 1 unspecified atom stereocenters. The molecule has 0 saturated heterocycles. The van der Waals surface area contributed by atoms with E-state index in [0.29, 0.717) is 17.6 Å². The molecule has 3 aromatic rings. The van der Waals surface area contributed by atoms with Gasteiger partial charge >= 0.3 is 5.97 Å². The molecule has 1 amide bonds. The first-order chi connectivity index (χ1) is 12.1. The summed E-state index contributed by atoms with van der Waals surface area (Å²) in [6.07, 6.45) is 0.0804. The van der Waals surface area contributed by atoms with Gasteiger partial charge in [-0.3, -0.25) is 9.59 Å². The Labute approximate surface area is 148 Å². The molecule has 1 N–H and O–H groups in total. The van der Waals surface area contributed by atoms with Crippen molar-refractivity contribution < 1.29 is 14.3 Å². The topological polar surface area (TPSA) is 86.1 Å². The van der Waals surface area contributed by atoms with E-state index in [9.17, 15) is 9.59 Å². The van der Waals surface area contributed by atoms with Crippen molar-refractivity contribution in [1.29, 1.82) is 0 Å². The number of aromatic nitrogens is 3. The quantitative estimate of drug-likeness (QED) is 0.685. The van der Waals surface area contributed by atoms with Crippen LogP contribution in [0.2, 0.25) is 0 Å². The van der Waals surface area contributed by atoms with Gasteiger partial charge in [0, 0.05) is 17.0 Å². The van der Waals surface area contributed by atoms with Gasteiger partial charge < -0.3 is 10.1 Å². The summed E-state index contributed by atoms with van der Waals surface area (Å²) in [4.78, 5) is 25.2. The highest BCUT2D eigenvalue weighted by Gasteiger charge is 2.21. The van der Waals surface area contributed by atoms with Crippen LogP contribution in [0.25, 0.3) is 11.0 Å². The second-order valence-electron chi connectivity index (χ2n) is 5.43. The third-order valence-corrected chi connectivity index (χ3v) is 4.85. The number of hydrogen-bond donors (Lipinski definition) is 1. The number of nitrogens with one attached hydrogen (secondary N) is 1. The van der Waals surface area contributed by atoms with E-state index in [4.69, 9.17) is 4.74 Å². The number of ether oxygens (including phenoxy) is 1. The van der Waals surface area contributed by atoms with Crippen molar-refractivity contribution in [3.8, 4) is 0 Å². The largest absolute Gasteiger partial charge is 0.469 e. The summed E-state index contributed by atoms with van der Waals surface area (Å²) in [5, 5.41) is 12.9. The lowest BCUT2D eigenvalue weighted by Crippen LogP contribution is -2.30. The average Bonchev–Trinajstić information content (AvgIpc) is 3.29. The first-order valence-corrected chi connectivity index (χ1v) is 8.74. The number of aryl methyl sites for hydroxylation is 1. The van der Waals surface area contributed by atoms with Crippen molar-refractivity contribution in [3.63, 3.8) is 0 Å². The van der Waals surface area contributed by atoms with Crippen LogP contribution >= 0.6 is 11.3 Å². The Bertz CT molecular complexity index is 889. The molecule has 2 aromatic heterocycles. The van der Waals surface area contributed by atoms with E-state index >= 15 is 0 Å². The fourth-order valence-corrected chi connectivity index (χ4v) is 3.33. The molecule has 0 bridgehead atoms. The molecule has 25 heavy (non-hydrogen) atoms. The lowest BCUT2D eigenvalue weighted by Gasteiger charge is -2.16. The van der Waals surface area contributed by atoms with Gasteiger partial charge in [-0.15, -0.1) is 16.4 Å². The van der Waals surface area contributed by atoms with Crippen molar-refractivity contribution in [2.45, 2.75) is 25.9 Å². The Morgan fingerprint density at radius 1 is 1.36 bits per heavy atom. The van der Waals surface area contributed by atoms with Crippen molar-refractivity contribution in [2.24, 2.45) is 0 Å². The minimum absolute atomic E-state index is 0.0804. The van der Waals surface area contributed by atoms with Gasteiger partial charge in [0.1, 0.15) is 5.52 Å². The van der Waals surface area contributed by atoms with Gasteiger partial charge in [-0.2, -0.15) is 0 Å². The third kappa shape index (κ3) is 3.69. The fourth-order valence-electron chi connectivity index (χ4n) is 2.55. The van der Waals surface area contributed by atoms with Crippen LogP contribution in [0.4, 0.5) is 0 Å². The van der Waals surface area contributed by atoms with Gasteiger partial charge in [0.05, 0.1) is 25.1 Å². The van der Waals surface area contributed by atoms with Crippen LogP contribution in [0.1, 0.15) is 34.6 Å². The van der Waals surface area contributed by atoms with Crippen LogP contribution in [0, 0.1) is 0 Å². The minimum Gasteiger partial charge on any atom is -0.469 e. The number of carbonyl (C=O) groups excluding carboxylic acids is 2. The predicted molar refractivity (Wildman–Crippen MR) is 94.4 cm³/mol. The lowest BCUT2D eigenvalue weighted by atomic mass is 10.1. The van der Waals surface area contributed by atoms with Crippen molar-refractivity contribution in [2.75, 3.05) is 7.11 Å². The van der Waals surface area contributed by atoms with Gasteiger partial charge in [-0.25, -0.2) is 4.68 Å². The molecule has 0 saturated carbocycles. The zero-order chi connectivity index (χ0) is 17.8. The Hall–Kier alpha value is -2.74. The molecular formula is C17H18N4O3S. The zero-order valence-corrected chi connectivity index (χ0v) is 14.7. The molecule has 8 heteroatoms. The molecule has 2 heterocycles. The molecule has 130 valence electrons. The van der Waals surface area contributed by atoms with Crippen molar-refractivity contribution in [3.05, 3.63) is 46.2 Å². The number of fused-ring (bicyclic) bond motifs is 1. The molecule has 0 fully saturated rings. The molecule has 0 aliphatic carbocycles. The normalized spacial score (nSPS) is 12.1. The summed E-state index contributed by atoms with van der Waals surface area (Å²) < 4.78 is 6.50. The molecule has 0 spiro atoms. The average molecular weight is 358 g/mol. The highest BCUT2D eigenvalue weighted by atomic mass is 32.1. The Morgan fingerprint density at radius 2 is 2.20 bits per heavy atom. The molecule has 3 rings (SSSR count). The van der Waals surface area contributed by atoms with Gasteiger partial charge in [0.2, 0.25) is 0 Å². The monoisotopic (exact) mass is 358 g/mol. The Kier molecular flexibility index (Phi) is 5.08. The van der Waals surface area contributed by atoms with E-state index in [0.717, 1.165) is 10.4 Å². The number of hydrogen-bond acceptors (Lipinski definition) is 6. The van der Waals surface area contributed by atoms with E-state index in [1.54, 1.807) is 16.8 Å². The summed E-state index contributed by atoms with van der Waals surface area (Å²) in [5.74, 6) is -0.643. The molecule has 0 radical (unpaired) electrons. The first kappa shape index (κ1) is 17.1.